The Labute approximate surface area is 72.3 Å². The molecule has 1 N–H and O–H groups in total. The van der Waals surface area contributed by atoms with Gasteiger partial charge in [-0.25, -0.2) is 0 Å². The highest BCUT2D eigenvalue weighted by molar-refractivity contribution is 5.85. The molecular weight excluding hydrogens is 160 g/mol. The van der Waals surface area contributed by atoms with Gasteiger partial charge in [0.15, 0.2) is 0 Å². The molecule has 0 aromatic heterocycles. The Morgan fingerprint density at radius 1 is 1.45 bits per heavy atom. The highest BCUT2D eigenvalue weighted by Crippen LogP contribution is 2.07. The van der Waals surface area contributed by atoms with E-state index in [4.69, 9.17) is 5.26 Å². The third kappa shape index (κ3) is 2.48. The fourth-order valence-electron chi connectivity index (χ4n) is 0.744. The number of nitrogens with zero attached hydrogens (tertiary/aromatic N) is 1. The Morgan fingerprint density at radius 3 is 2.73 bits per heavy atom. The van der Waals surface area contributed by atoms with E-state index in [0.717, 1.165) is 5.69 Å². The summed E-state index contributed by atoms with van der Waals surface area (Å²) >= 11 is 0. The van der Waals surface area contributed by atoms with Crippen molar-refractivity contribution in [2.75, 3.05) is 12.4 Å². The van der Waals surface area contributed by atoms with Crippen LogP contribution in [0.2, 0.25) is 0 Å². The number of nitriles is 1. The molecular formula is C8H9ClN2. The molecule has 2 nitrogen and oxygen atoms in total. The summed E-state index contributed by atoms with van der Waals surface area (Å²) in [6, 6.07) is 9.41. The van der Waals surface area contributed by atoms with Gasteiger partial charge in [-0.05, 0) is 18.2 Å². The maximum absolute atomic E-state index is 8.48. The molecule has 0 radical (unpaired) electrons. The molecule has 0 heterocycles. The van der Waals surface area contributed by atoms with Gasteiger partial charge in [0.2, 0.25) is 0 Å². The van der Waals surface area contributed by atoms with Gasteiger partial charge in [0.1, 0.15) is 0 Å². The van der Waals surface area contributed by atoms with E-state index in [9.17, 15) is 0 Å². The second-order valence-corrected chi connectivity index (χ2v) is 1.94. The van der Waals surface area contributed by atoms with Gasteiger partial charge in [0.05, 0.1) is 11.6 Å². The molecule has 3 heteroatoms. The van der Waals surface area contributed by atoms with Gasteiger partial charge in [0.25, 0.3) is 0 Å². The van der Waals surface area contributed by atoms with E-state index in [1.54, 1.807) is 12.1 Å². The zero-order valence-electron chi connectivity index (χ0n) is 6.16. The van der Waals surface area contributed by atoms with E-state index in [1.165, 1.54) is 0 Å². The van der Waals surface area contributed by atoms with Crippen LogP contribution in [0.1, 0.15) is 5.56 Å². The van der Waals surface area contributed by atoms with E-state index >= 15 is 0 Å². The number of rotatable bonds is 1. The second kappa shape index (κ2) is 4.59. The summed E-state index contributed by atoms with van der Waals surface area (Å²) in [5.74, 6) is 0. The lowest BCUT2D eigenvalue weighted by atomic mass is 10.2. The maximum Gasteiger partial charge on any atom is 0.0992 e. The molecule has 0 fully saturated rings. The Balaban J connectivity index is 0.000001000. The predicted molar refractivity (Wildman–Crippen MR) is 48.0 cm³/mol. The third-order valence-electron chi connectivity index (χ3n) is 1.28. The Kier molecular flexibility index (Phi) is 4.09. The van der Waals surface area contributed by atoms with E-state index < -0.39 is 0 Å². The lowest BCUT2D eigenvalue weighted by Gasteiger charge is -1.96. The van der Waals surface area contributed by atoms with E-state index in [2.05, 4.69) is 11.4 Å². The van der Waals surface area contributed by atoms with Crippen LogP contribution >= 0.6 is 12.4 Å². The molecule has 1 aromatic carbocycles. The van der Waals surface area contributed by atoms with Crippen LogP contribution in [0.5, 0.6) is 0 Å². The Hall–Kier alpha value is -1.20. The summed E-state index contributed by atoms with van der Waals surface area (Å²) in [5.41, 5.74) is 1.66. The third-order valence-corrected chi connectivity index (χ3v) is 1.28. The van der Waals surface area contributed by atoms with Gasteiger partial charge < -0.3 is 5.32 Å². The smallest absolute Gasteiger partial charge is 0.0992 e. The van der Waals surface area contributed by atoms with Crippen LogP contribution < -0.4 is 5.32 Å². The van der Waals surface area contributed by atoms with Crippen LogP contribution in [0, 0.1) is 11.3 Å². The molecule has 0 unspecified atom stereocenters. The molecule has 0 aliphatic rings. The van der Waals surface area contributed by atoms with Crippen LogP contribution in [0.4, 0.5) is 5.69 Å². The molecule has 0 saturated heterocycles. The molecule has 0 bridgehead atoms. The van der Waals surface area contributed by atoms with Crippen molar-refractivity contribution in [2.45, 2.75) is 0 Å². The van der Waals surface area contributed by atoms with Gasteiger partial charge >= 0.3 is 0 Å². The highest BCUT2D eigenvalue weighted by Gasteiger charge is 1.89. The quantitative estimate of drug-likeness (QED) is 0.697. The first-order chi connectivity index (χ1) is 4.86. The first-order valence-electron chi connectivity index (χ1n) is 3.04. The van der Waals surface area contributed by atoms with Crippen molar-refractivity contribution in [1.29, 1.82) is 5.26 Å². The number of benzene rings is 1. The number of halogens is 1. The Bertz CT molecular complexity index is 265. The highest BCUT2D eigenvalue weighted by atomic mass is 35.5. The summed E-state index contributed by atoms with van der Waals surface area (Å²) in [6.45, 7) is 0. The van der Waals surface area contributed by atoms with Crippen LogP contribution in [0.3, 0.4) is 0 Å². The van der Waals surface area contributed by atoms with Crippen LogP contribution in [0.15, 0.2) is 24.3 Å². The summed E-state index contributed by atoms with van der Waals surface area (Å²) in [7, 11) is 1.83. The maximum atomic E-state index is 8.48. The molecule has 1 rings (SSSR count). The van der Waals surface area contributed by atoms with Crippen molar-refractivity contribution in [3.8, 4) is 6.07 Å². The van der Waals surface area contributed by atoms with Gasteiger partial charge in [0, 0.05) is 12.7 Å². The average molecular weight is 169 g/mol. The predicted octanol–water partition coefficient (Wildman–Crippen LogP) is 2.02. The minimum absolute atomic E-state index is 0. The van der Waals surface area contributed by atoms with Gasteiger partial charge in [-0.2, -0.15) is 5.26 Å². The monoisotopic (exact) mass is 168 g/mol. The lowest BCUT2D eigenvalue weighted by molar-refractivity contribution is 1.46. The summed E-state index contributed by atoms with van der Waals surface area (Å²) < 4.78 is 0. The molecule has 0 aliphatic carbocycles. The fourth-order valence-corrected chi connectivity index (χ4v) is 0.744. The van der Waals surface area contributed by atoms with Crippen LogP contribution in [0.25, 0.3) is 0 Å². The molecule has 0 atom stereocenters. The lowest BCUT2D eigenvalue weighted by Crippen LogP contribution is -1.86. The largest absolute Gasteiger partial charge is 0.388 e. The van der Waals surface area contributed by atoms with Crippen LogP contribution in [-0.2, 0) is 0 Å². The van der Waals surface area contributed by atoms with Crippen LogP contribution in [-0.4, -0.2) is 7.05 Å². The number of nitrogens with one attached hydrogen (secondary N) is 1. The molecule has 1 aromatic rings. The summed E-state index contributed by atoms with van der Waals surface area (Å²) in [4.78, 5) is 0. The van der Waals surface area contributed by atoms with Crippen molar-refractivity contribution in [2.24, 2.45) is 0 Å². The van der Waals surface area contributed by atoms with E-state index in [1.807, 2.05) is 19.2 Å². The zero-order valence-corrected chi connectivity index (χ0v) is 6.98. The van der Waals surface area contributed by atoms with Crippen molar-refractivity contribution in [3.63, 3.8) is 0 Å². The van der Waals surface area contributed by atoms with E-state index in [0.29, 0.717) is 5.56 Å². The molecule has 0 aliphatic heterocycles. The second-order valence-electron chi connectivity index (χ2n) is 1.94. The average Bonchev–Trinajstić information content (AvgIpc) is 2.05. The van der Waals surface area contributed by atoms with Gasteiger partial charge in [-0.1, -0.05) is 6.07 Å². The SMILES string of the molecule is CNc1cccc(C#N)c1.Cl. The molecule has 0 saturated carbocycles. The fraction of sp³-hybridized carbons (Fsp3) is 0.125. The first-order valence-corrected chi connectivity index (χ1v) is 3.04. The van der Waals surface area contributed by atoms with Gasteiger partial charge in [-0.15, -0.1) is 12.4 Å². The number of hydrogen-bond acceptors (Lipinski definition) is 2. The minimum Gasteiger partial charge on any atom is -0.388 e. The topological polar surface area (TPSA) is 35.8 Å². The minimum atomic E-state index is 0. The number of anilines is 1. The first kappa shape index (κ1) is 9.80. The summed E-state index contributed by atoms with van der Waals surface area (Å²) in [6.07, 6.45) is 0. The van der Waals surface area contributed by atoms with E-state index in [-0.39, 0.29) is 12.4 Å². The van der Waals surface area contributed by atoms with Crippen molar-refractivity contribution in [1.82, 2.24) is 0 Å². The molecule has 11 heavy (non-hydrogen) atoms. The summed E-state index contributed by atoms with van der Waals surface area (Å²) in [5, 5.41) is 11.4. The molecule has 0 amide bonds. The van der Waals surface area contributed by atoms with Gasteiger partial charge in [-0.3, -0.25) is 0 Å². The zero-order chi connectivity index (χ0) is 7.40. The standard InChI is InChI=1S/C8H8N2.ClH/c1-10-8-4-2-3-7(5-8)6-9;/h2-5,10H,1H3;1H. The normalized spacial score (nSPS) is 7.64. The van der Waals surface area contributed by atoms with Crippen molar-refractivity contribution >= 4 is 18.1 Å². The molecule has 0 spiro atoms. The molecule has 58 valence electrons. The van der Waals surface area contributed by atoms with Crippen molar-refractivity contribution in [3.05, 3.63) is 29.8 Å². The van der Waals surface area contributed by atoms with Crippen molar-refractivity contribution < 1.29 is 0 Å². The Morgan fingerprint density at radius 2 is 2.18 bits per heavy atom. The number of hydrogen-bond donors (Lipinski definition) is 1.